The summed E-state index contributed by atoms with van der Waals surface area (Å²) >= 11 is 0. The predicted octanol–water partition coefficient (Wildman–Crippen LogP) is 2.22. The molecular formula is C21H26N2O6S. The summed E-state index contributed by atoms with van der Waals surface area (Å²) < 4.78 is 43.2. The molecule has 1 heterocycles. The molecule has 0 saturated carbocycles. The Morgan fingerprint density at radius 1 is 1.07 bits per heavy atom. The zero-order chi connectivity index (χ0) is 21.7. The maximum atomic E-state index is 13.0. The molecule has 1 saturated heterocycles. The highest BCUT2D eigenvalue weighted by molar-refractivity contribution is 7.89. The van der Waals surface area contributed by atoms with Crippen molar-refractivity contribution >= 4 is 15.9 Å². The molecule has 0 unspecified atom stereocenters. The van der Waals surface area contributed by atoms with E-state index in [0.717, 1.165) is 5.56 Å². The number of sulfonamides is 1. The van der Waals surface area contributed by atoms with Gasteiger partial charge in [0.05, 0.1) is 43.9 Å². The maximum absolute atomic E-state index is 13.0. The van der Waals surface area contributed by atoms with Crippen molar-refractivity contribution in [3.63, 3.8) is 0 Å². The first kappa shape index (κ1) is 22.1. The van der Waals surface area contributed by atoms with Gasteiger partial charge in [0.15, 0.2) is 0 Å². The summed E-state index contributed by atoms with van der Waals surface area (Å²) in [4.78, 5) is 13.0. The van der Waals surface area contributed by atoms with Gasteiger partial charge in [-0.05, 0) is 31.2 Å². The molecule has 2 aromatic rings. The molecule has 3 rings (SSSR count). The van der Waals surface area contributed by atoms with E-state index in [-0.39, 0.29) is 29.6 Å². The summed E-state index contributed by atoms with van der Waals surface area (Å²) in [6, 6.07) is 11.3. The van der Waals surface area contributed by atoms with Crippen molar-refractivity contribution in [2.24, 2.45) is 0 Å². The molecular weight excluding hydrogens is 408 g/mol. The molecule has 1 aliphatic heterocycles. The molecule has 0 radical (unpaired) electrons. The number of ether oxygens (including phenoxy) is 3. The monoisotopic (exact) mass is 434 g/mol. The summed E-state index contributed by atoms with van der Waals surface area (Å²) in [5.41, 5.74) is 0.956. The number of carbonyl (C=O) groups is 1. The fourth-order valence-electron chi connectivity index (χ4n) is 3.34. The number of morpholine rings is 1. The van der Waals surface area contributed by atoms with E-state index in [2.05, 4.69) is 5.32 Å². The van der Waals surface area contributed by atoms with Gasteiger partial charge in [0, 0.05) is 18.7 Å². The predicted molar refractivity (Wildman–Crippen MR) is 111 cm³/mol. The lowest BCUT2D eigenvalue weighted by atomic mass is 10.1. The molecule has 0 spiro atoms. The Labute approximate surface area is 176 Å². The molecule has 1 atom stereocenters. The van der Waals surface area contributed by atoms with Gasteiger partial charge in [0.2, 0.25) is 10.0 Å². The minimum absolute atomic E-state index is 0.0419. The SMILES string of the molecule is COc1ccc(S(=O)(=O)N2CCOCC2)cc1C(=O)N[C@@H](C)c1ccccc1OC. The molecule has 1 N–H and O–H groups in total. The summed E-state index contributed by atoms with van der Waals surface area (Å²) in [6.07, 6.45) is 0. The average molecular weight is 435 g/mol. The zero-order valence-corrected chi connectivity index (χ0v) is 18.1. The quantitative estimate of drug-likeness (QED) is 0.718. The average Bonchev–Trinajstić information content (AvgIpc) is 2.79. The molecule has 1 aliphatic rings. The smallest absolute Gasteiger partial charge is 0.255 e. The van der Waals surface area contributed by atoms with Crippen LogP contribution in [0, 0.1) is 0 Å². The molecule has 30 heavy (non-hydrogen) atoms. The highest BCUT2D eigenvalue weighted by Crippen LogP contribution is 2.28. The normalized spacial score (nSPS) is 16.0. The summed E-state index contributed by atoms with van der Waals surface area (Å²) in [7, 11) is -0.734. The molecule has 9 heteroatoms. The zero-order valence-electron chi connectivity index (χ0n) is 17.3. The van der Waals surface area contributed by atoms with Crippen molar-refractivity contribution in [2.75, 3.05) is 40.5 Å². The molecule has 0 aliphatic carbocycles. The Morgan fingerprint density at radius 2 is 1.73 bits per heavy atom. The van der Waals surface area contributed by atoms with Crippen LogP contribution < -0.4 is 14.8 Å². The van der Waals surface area contributed by atoms with E-state index in [1.165, 1.54) is 29.6 Å². The Kier molecular flexibility index (Phi) is 6.96. The van der Waals surface area contributed by atoms with Crippen LogP contribution in [0.3, 0.4) is 0 Å². The number of hydrogen-bond donors (Lipinski definition) is 1. The molecule has 8 nitrogen and oxygen atoms in total. The highest BCUT2D eigenvalue weighted by Gasteiger charge is 2.28. The minimum Gasteiger partial charge on any atom is -0.496 e. The van der Waals surface area contributed by atoms with E-state index >= 15 is 0 Å². The Balaban J connectivity index is 1.88. The number of para-hydroxylation sites is 1. The van der Waals surface area contributed by atoms with Gasteiger partial charge in [0.25, 0.3) is 5.91 Å². The van der Waals surface area contributed by atoms with Crippen LogP contribution in [0.5, 0.6) is 11.5 Å². The van der Waals surface area contributed by atoms with Gasteiger partial charge in [0.1, 0.15) is 11.5 Å². The molecule has 1 fully saturated rings. The van der Waals surface area contributed by atoms with Gasteiger partial charge in [-0.25, -0.2) is 8.42 Å². The van der Waals surface area contributed by atoms with Crippen LogP contribution in [0.15, 0.2) is 47.4 Å². The molecule has 2 aromatic carbocycles. The molecule has 0 aromatic heterocycles. The van der Waals surface area contributed by atoms with Gasteiger partial charge >= 0.3 is 0 Å². The van der Waals surface area contributed by atoms with Crippen molar-refractivity contribution in [3.8, 4) is 11.5 Å². The third-order valence-corrected chi connectivity index (χ3v) is 6.87. The number of benzene rings is 2. The molecule has 0 bridgehead atoms. The van der Waals surface area contributed by atoms with Gasteiger partial charge in [-0.2, -0.15) is 4.31 Å². The van der Waals surface area contributed by atoms with E-state index in [9.17, 15) is 13.2 Å². The fraction of sp³-hybridized carbons (Fsp3) is 0.381. The molecule has 1 amide bonds. The van der Waals surface area contributed by atoms with Crippen LogP contribution in [0.25, 0.3) is 0 Å². The van der Waals surface area contributed by atoms with Crippen molar-refractivity contribution in [3.05, 3.63) is 53.6 Å². The maximum Gasteiger partial charge on any atom is 0.255 e. The standard InChI is InChI=1S/C21H26N2O6S/c1-15(17-6-4-5-7-19(17)27-2)22-21(24)18-14-16(8-9-20(18)28-3)30(25,26)23-10-12-29-13-11-23/h4-9,14-15H,10-13H2,1-3H3,(H,22,24)/t15-/m0/s1. The van der Waals surface area contributed by atoms with Crippen molar-refractivity contribution in [2.45, 2.75) is 17.9 Å². The van der Waals surface area contributed by atoms with Gasteiger partial charge in [-0.1, -0.05) is 18.2 Å². The van der Waals surface area contributed by atoms with E-state index in [4.69, 9.17) is 14.2 Å². The lowest BCUT2D eigenvalue weighted by Gasteiger charge is -2.26. The lowest BCUT2D eigenvalue weighted by Crippen LogP contribution is -2.40. The second-order valence-corrected chi connectivity index (χ2v) is 8.75. The van der Waals surface area contributed by atoms with E-state index in [0.29, 0.717) is 24.7 Å². The number of amides is 1. The third kappa shape index (κ3) is 4.58. The van der Waals surface area contributed by atoms with Gasteiger partial charge in [-0.3, -0.25) is 4.79 Å². The minimum atomic E-state index is -3.74. The Hall–Kier alpha value is -2.62. The largest absolute Gasteiger partial charge is 0.496 e. The van der Waals surface area contributed by atoms with Crippen LogP contribution >= 0.6 is 0 Å². The Morgan fingerprint density at radius 3 is 2.40 bits per heavy atom. The third-order valence-electron chi connectivity index (χ3n) is 4.98. The first-order valence-electron chi connectivity index (χ1n) is 9.58. The van der Waals surface area contributed by atoms with E-state index in [1.54, 1.807) is 7.11 Å². The molecule has 162 valence electrons. The number of hydrogen-bond acceptors (Lipinski definition) is 6. The summed E-state index contributed by atoms with van der Waals surface area (Å²) in [6.45, 7) is 3.08. The van der Waals surface area contributed by atoms with Crippen molar-refractivity contribution in [1.29, 1.82) is 0 Å². The second kappa shape index (κ2) is 9.46. The number of nitrogens with one attached hydrogen (secondary N) is 1. The summed E-state index contributed by atoms with van der Waals surface area (Å²) in [5, 5.41) is 2.89. The lowest BCUT2D eigenvalue weighted by molar-refractivity contribution is 0.0730. The first-order valence-corrected chi connectivity index (χ1v) is 11.0. The van der Waals surface area contributed by atoms with E-state index < -0.39 is 15.9 Å². The first-order chi connectivity index (χ1) is 14.4. The van der Waals surface area contributed by atoms with Gasteiger partial charge in [-0.15, -0.1) is 0 Å². The topological polar surface area (TPSA) is 94.2 Å². The van der Waals surface area contributed by atoms with Crippen molar-refractivity contribution in [1.82, 2.24) is 9.62 Å². The summed E-state index contributed by atoms with van der Waals surface area (Å²) in [5.74, 6) is 0.505. The van der Waals surface area contributed by atoms with Crippen LogP contribution in [-0.2, 0) is 14.8 Å². The number of rotatable bonds is 7. The fourth-order valence-corrected chi connectivity index (χ4v) is 4.77. The van der Waals surface area contributed by atoms with Crippen LogP contribution in [0.4, 0.5) is 0 Å². The highest BCUT2D eigenvalue weighted by atomic mass is 32.2. The number of methoxy groups -OCH3 is 2. The number of nitrogens with zero attached hydrogens (tertiary/aromatic N) is 1. The number of carbonyl (C=O) groups excluding carboxylic acids is 1. The Bertz CT molecular complexity index is 1000. The van der Waals surface area contributed by atoms with Crippen molar-refractivity contribution < 1.29 is 27.4 Å². The van der Waals surface area contributed by atoms with Crippen LogP contribution in [-0.4, -0.2) is 59.2 Å². The van der Waals surface area contributed by atoms with E-state index in [1.807, 2.05) is 31.2 Å². The van der Waals surface area contributed by atoms with Crippen LogP contribution in [0.1, 0.15) is 28.9 Å². The van der Waals surface area contributed by atoms with Gasteiger partial charge < -0.3 is 19.5 Å². The second-order valence-electron chi connectivity index (χ2n) is 6.82. The van der Waals surface area contributed by atoms with Crippen LogP contribution in [0.2, 0.25) is 0 Å².